The first-order valence-corrected chi connectivity index (χ1v) is 8.30. The van der Waals surface area contributed by atoms with Gasteiger partial charge >= 0.3 is 6.18 Å². The van der Waals surface area contributed by atoms with Gasteiger partial charge in [-0.15, -0.1) is 0 Å². The molecule has 0 N–H and O–H groups in total. The molecule has 0 bridgehead atoms. The van der Waals surface area contributed by atoms with Crippen molar-refractivity contribution < 1.29 is 13.2 Å². The molecule has 1 saturated carbocycles. The summed E-state index contributed by atoms with van der Waals surface area (Å²) < 4.78 is 37.4. The Hall–Kier alpha value is -1.25. The fraction of sp³-hybridized carbons (Fsp3) is 0.579. The molecular weight excluding hydrogens is 285 g/mol. The lowest BCUT2D eigenvalue weighted by Gasteiger charge is -2.26. The number of allylic oxidation sites excluding steroid dienone is 2. The third-order valence-electron chi connectivity index (χ3n) is 4.81. The van der Waals surface area contributed by atoms with Crippen molar-refractivity contribution in [1.29, 1.82) is 0 Å². The van der Waals surface area contributed by atoms with Gasteiger partial charge in [-0.1, -0.05) is 50.5 Å². The molecule has 0 saturated heterocycles. The zero-order chi connectivity index (χ0) is 16.0. The lowest BCUT2D eigenvalue weighted by atomic mass is 9.79. The van der Waals surface area contributed by atoms with E-state index in [0.717, 1.165) is 36.0 Å². The molecule has 0 radical (unpaired) electrons. The fourth-order valence-electron chi connectivity index (χ4n) is 3.21. The minimum absolute atomic E-state index is 0.576. The van der Waals surface area contributed by atoms with Crippen molar-refractivity contribution in [3.63, 3.8) is 0 Å². The molecule has 1 aromatic carbocycles. The Morgan fingerprint density at radius 3 is 2.09 bits per heavy atom. The highest BCUT2D eigenvalue weighted by Gasteiger charge is 2.29. The molecule has 0 heterocycles. The highest BCUT2D eigenvalue weighted by Crippen LogP contribution is 2.32. The lowest BCUT2D eigenvalue weighted by molar-refractivity contribution is -0.137. The molecule has 22 heavy (non-hydrogen) atoms. The molecule has 0 nitrogen and oxygen atoms in total. The zero-order valence-corrected chi connectivity index (χ0v) is 13.2. The van der Waals surface area contributed by atoms with Crippen molar-refractivity contribution in [3.8, 4) is 0 Å². The van der Waals surface area contributed by atoms with E-state index < -0.39 is 11.7 Å². The van der Waals surface area contributed by atoms with Crippen LogP contribution in [-0.2, 0) is 12.6 Å². The van der Waals surface area contributed by atoms with Crippen molar-refractivity contribution in [2.24, 2.45) is 11.8 Å². The summed E-state index contributed by atoms with van der Waals surface area (Å²) in [7, 11) is 0. The summed E-state index contributed by atoms with van der Waals surface area (Å²) >= 11 is 0. The zero-order valence-electron chi connectivity index (χ0n) is 13.2. The Kier molecular flexibility index (Phi) is 6.10. The van der Waals surface area contributed by atoms with Gasteiger partial charge in [0.1, 0.15) is 0 Å². The van der Waals surface area contributed by atoms with E-state index in [4.69, 9.17) is 0 Å². The van der Waals surface area contributed by atoms with E-state index in [1.54, 1.807) is 12.1 Å². The van der Waals surface area contributed by atoms with Gasteiger partial charge in [0.2, 0.25) is 0 Å². The van der Waals surface area contributed by atoms with Gasteiger partial charge in [-0.3, -0.25) is 0 Å². The average Bonchev–Trinajstić information content (AvgIpc) is 2.52. The van der Waals surface area contributed by atoms with Gasteiger partial charge in [0.05, 0.1) is 5.56 Å². The van der Waals surface area contributed by atoms with E-state index in [-0.39, 0.29) is 0 Å². The van der Waals surface area contributed by atoms with Crippen LogP contribution in [0.1, 0.15) is 56.6 Å². The summed E-state index contributed by atoms with van der Waals surface area (Å²) in [4.78, 5) is 0. The monoisotopic (exact) mass is 310 g/mol. The van der Waals surface area contributed by atoms with Crippen LogP contribution in [0.3, 0.4) is 0 Å². The molecule has 1 aliphatic rings. The summed E-state index contributed by atoms with van der Waals surface area (Å²) in [6.45, 7) is 2.27. The van der Waals surface area contributed by atoms with Crippen molar-refractivity contribution in [2.75, 3.05) is 0 Å². The highest BCUT2D eigenvalue weighted by molar-refractivity contribution is 5.25. The van der Waals surface area contributed by atoms with Crippen LogP contribution >= 0.6 is 0 Å². The van der Waals surface area contributed by atoms with Gasteiger partial charge in [-0.05, 0) is 55.2 Å². The van der Waals surface area contributed by atoms with Crippen LogP contribution in [0.4, 0.5) is 13.2 Å². The largest absolute Gasteiger partial charge is 0.416 e. The number of rotatable bonds is 5. The van der Waals surface area contributed by atoms with E-state index in [1.165, 1.54) is 32.1 Å². The third kappa shape index (κ3) is 5.19. The quantitative estimate of drug-likeness (QED) is 0.551. The molecule has 122 valence electrons. The first-order valence-electron chi connectivity index (χ1n) is 8.30. The van der Waals surface area contributed by atoms with Crippen LogP contribution < -0.4 is 0 Å². The summed E-state index contributed by atoms with van der Waals surface area (Å²) in [6, 6.07) is 5.46. The normalized spacial score (nSPS) is 23.1. The number of alkyl halides is 3. The molecule has 1 aromatic rings. The number of hydrogen-bond donors (Lipinski definition) is 0. The SMILES string of the molecule is CCC1CCC(CC=CCc2ccc(C(F)(F)F)cc2)CC1. The minimum Gasteiger partial charge on any atom is -0.166 e. The molecule has 0 atom stereocenters. The molecule has 0 amide bonds. The van der Waals surface area contributed by atoms with E-state index in [9.17, 15) is 13.2 Å². The molecule has 3 heteroatoms. The van der Waals surface area contributed by atoms with Gasteiger partial charge in [-0.25, -0.2) is 0 Å². The Bertz CT molecular complexity index is 462. The smallest absolute Gasteiger partial charge is 0.166 e. The summed E-state index contributed by atoms with van der Waals surface area (Å²) in [5.74, 6) is 1.72. The first-order chi connectivity index (χ1) is 10.5. The fourth-order valence-corrected chi connectivity index (χ4v) is 3.21. The molecule has 2 rings (SSSR count). The molecule has 0 spiro atoms. The van der Waals surface area contributed by atoms with Crippen LogP contribution in [0.15, 0.2) is 36.4 Å². The molecule has 1 aliphatic carbocycles. The standard InChI is InChI=1S/C19H25F3/c1-2-15-7-9-16(10-8-15)5-3-4-6-17-11-13-18(14-12-17)19(20,21)22/h3-4,11-16H,2,5-10H2,1H3. The highest BCUT2D eigenvalue weighted by atomic mass is 19.4. The van der Waals surface area contributed by atoms with Crippen molar-refractivity contribution in [1.82, 2.24) is 0 Å². The second-order valence-electron chi connectivity index (χ2n) is 6.40. The number of benzene rings is 1. The molecule has 0 unspecified atom stereocenters. The second-order valence-corrected chi connectivity index (χ2v) is 6.40. The number of hydrogen-bond acceptors (Lipinski definition) is 0. The molecule has 1 fully saturated rings. The molecular formula is C19H25F3. The topological polar surface area (TPSA) is 0 Å². The van der Waals surface area contributed by atoms with Crippen LogP contribution in [0.5, 0.6) is 0 Å². The van der Waals surface area contributed by atoms with Gasteiger partial charge in [0, 0.05) is 0 Å². The van der Waals surface area contributed by atoms with E-state index >= 15 is 0 Å². The van der Waals surface area contributed by atoms with Crippen LogP contribution in [0.2, 0.25) is 0 Å². The summed E-state index contributed by atoms with van der Waals surface area (Å²) in [5, 5.41) is 0. The Morgan fingerprint density at radius 1 is 0.955 bits per heavy atom. The maximum absolute atomic E-state index is 12.5. The van der Waals surface area contributed by atoms with Crippen LogP contribution in [0.25, 0.3) is 0 Å². The van der Waals surface area contributed by atoms with E-state index in [0.29, 0.717) is 6.42 Å². The maximum atomic E-state index is 12.5. The van der Waals surface area contributed by atoms with Gasteiger partial charge in [0.25, 0.3) is 0 Å². The summed E-state index contributed by atoms with van der Waals surface area (Å²) in [5.41, 5.74) is 0.354. The van der Waals surface area contributed by atoms with Crippen LogP contribution in [-0.4, -0.2) is 0 Å². The van der Waals surface area contributed by atoms with Gasteiger partial charge in [0.15, 0.2) is 0 Å². The summed E-state index contributed by atoms with van der Waals surface area (Å²) in [6.07, 6.45) is 8.53. The van der Waals surface area contributed by atoms with Gasteiger partial charge in [-0.2, -0.15) is 13.2 Å². The van der Waals surface area contributed by atoms with Crippen molar-refractivity contribution in [2.45, 2.75) is 58.0 Å². The van der Waals surface area contributed by atoms with E-state index in [1.807, 2.05) is 0 Å². The van der Waals surface area contributed by atoms with E-state index in [2.05, 4.69) is 19.1 Å². The van der Waals surface area contributed by atoms with Crippen molar-refractivity contribution in [3.05, 3.63) is 47.5 Å². The Balaban J connectivity index is 1.74. The second kappa shape index (κ2) is 7.85. The van der Waals surface area contributed by atoms with Crippen LogP contribution in [0, 0.1) is 11.8 Å². The Morgan fingerprint density at radius 2 is 1.55 bits per heavy atom. The molecule has 0 aromatic heterocycles. The number of halogens is 3. The van der Waals surface area contributed by atoms with Gasteiger partial charge < -0.3 is 0 Å². The average molecular weight is 310 g/mol. The first kappa shape index (κ1) is 17.1. The third-order valence-corrected chi connectivity index (χ3v) is 4.81. The minimum atomic E-state index is -4.24. The maximum Gasteiger partial charge on any atom is 0.416 e. The predicted octanol–water partition coefficient (Wildman–Crippen LogP) is 6.41. The Labute approximate surface area is 131 Å². The van der Waals surface area contributed by atoms with Crippen molar-refractivity contribution >= 4 is 0 Å². The predicted molar refractivity (Wildman–Crippen MR) is 84.6 cm³/mol. The lowest BCUT2D eigenvalue weighted by Crippen LogP contribution is -2.13. The molecule has 0 aliphatic heterocycles.